The minimum Gasteiger partial charge on any atom is -0.497 e. The third kappa shape index (κ3) is 3.59. The van der Waals surface area contributed by atoms with Crippen LogP contribution < -0.4 is 19.5 Å². The number of amides is 1. The first-order valence-electron chi connectivity index (χ1n) is 8.30. The molecule has 0 fully saturated rings. The predicted molar refractivity (Wildman–Crippen MR) is 100 cm³/mol. The lowest BCUT2D eigenvalue weighted by Gasteiger charge is -2.09. The highest BCUT2D eigenvalue weighted by Gasteiger charge is 2.15. The van der Waals surface area contributed by atoms with Crippen LogP contribution in [-0.2, 0) is 6.42 Å². The number of benzene rings is 2. The summed E-state index contributed by atoms with van der Waals surface area (Å²) in [6.45, 7) is 0.534. The van der Waals surface area contributed by atoms with Crippen LogP contribution >= 0.6 is 0 Å². The Labute approximate surface area is 152 Å². The molecular formula is C20H22N2O4. The molecule has 0 saturated heterocycles. The Kier molecular flexibility index (Phi) is 5.31. The molecule has 1 heterocycles. The Morgan fingerprint density at radius 2 is 1.81 bits per heavy atom. The van der Waals surface area contributed by atoms with E-state index in [-0.39, 0.29) is 5.91 Å². The lowest BCUT2D eigenvalue weighted by atomic mass is 10.1. The quantitative estimate of drug-likeness (QED) is 0.684. The SMILES string of the molecule is COc1cccc(CCNC(=O)c2c[nH]c3cc(OC)c(OC)cc23)c1. The summed E-state index contributed by atoms with van der Waals surface area (Å²) >= 11 is 0. The Morgan fingerprint density at radius 3 is 2.54 bits per heavy atom. The van der Waals surface area contributed by atoms with Gasteiger partial charge in [-0.2, -0.15) is 0 Å². The first kappa shape index (κ1) is 17.7. The van der Waals surface area contributed by atoms with Gasteiger partial charge in [-0.05, 0) is 30.2 Å². The zero-order valence-corrected chi connectivity index (χ0v) is 15.1. The van der Waals surface area contributed by atoms with Crippen LogP contribution in [0.5, 0.6) is 17.2 Å². The van der Waals surface area contributed by atoms with E-state index in [1.54, 1.807) is 27.5 Å². The zero-order valence-electron chi connectivity index (χ0n) is 15.1. The second-order valence-corrected chi connectivity index (χ2v) is 5.81. The average molecular weight is 354 g/mol. The highest BCUT2D eigenvalue weighted by molar-refractivity contribution is 6.07. The predicted octanol–water partition coefficient (Wildman–Crippen LogP) is 3.17. The van der Waals surface area contributed by atoms with E-state index in [0.29, 0.717) is 23.6 Å². The minimum absolute atomic E-state index is 0.133. The van der Waals surface area contributed by atoms with E-state index in [0.717, 1.165) is 28.6 Å². The monoisotopic (exact) mass is 354 g/mol. The molecule has 1 aromatic heterocycles. The third-order valence-corrected chi connectivity index (χ3v) is 4.26. The van der Waals surface area contributed by atoms with Crippen LogP contribution in [0.3, 0.4) is 0 Å². The number of hydrogen-bond donors (Lipinski definition) is 2. The van der Waals surface area contributed by atoms with E-state index in [2.05, 4.69) is 10.3 Å². The molecule has 2 aromatic carbocycles. The number of nitrogens with one attached hydrogen (secondary N) is 2. The maximum absolute atomic E-state index is 12.6. The molecule has 0 spiro atoms. The maximum atomic E-state index is 12.6. The molecule has 6 nitrogen and oxygen atoms in total. The Balaban J connectivity index is 1.71. The lowest BCUT2D eigenvalue weighted by molar-refractivity contribution is 0.0956. The van der Waals surface area contributed by atoms with Gasteiger partial charge in [-0.1, -0.05) is 12.1 Å². The van der Waals surface area contributed by atoms with Crippen LogP contribution in [0, 0.1) is 0 Å². The summed E-state index contributed by atoms with van der Waals surface area (Å²) in [5.74, 6) is 1.88. The third-order valence-electron chi connectivity index (χ3n) is 4.26. The standard InChI is InChI=1S/C20H22N2O4/c1-24-14-6-4-5-13(9-14)7-8-21-20(23)16-12-22-17-11-19(26-3)18(25-2)10-15(16)17/h4-6,9-12,22H,7-8H2,1-3H3,(H,21,23). The minimum atomic E-state index is -0.133. The number of aromatic nitrogens is 1. The van der Waals surface area contributed by atoms with Gasteiger partial charge >= 0.3 is 0 Å². The number of H-pyrrole nitrogens is 1. The van der Waals surface area contributed by atoms with Crippen molar-refractivity contribution in [1.29, 1.82) is 0 Å². The summed E-state index contributed by atoms with van der Waals surface area (Å²) in [7, 11) is 4.80. The van der Waals surface area contributed by atoms with Gasteiger partial charge in [0.25, 0.3) is 5.91 Å². The molecule has 0 atom stereocenters. The van der Waals surface area contributed by atoms with Gasteiger partial charge in [0.05, 0.1) is 32.4 Å². The van der Waals surface area contributed by atoms with Crippen molar-refractivity contribution in [3.8, 4) is 17.2 Å². The van der Waals surface area contributed by atoms with Crippen molar-refractivity contribution in [2.45, 2.75) is 6.42 Å². The Hall–Kier alpha value is -3.15. The lowest BCUT2D eigenvalue weighted by Crippen LogP contribution is -2.25. The van der Waals surface area contributed by atoms with Crippen LogP contribution in [0.25, 0.3) is 10.9 Å². The zero-order chi connectivity index (χ0) is 18.5. The molecular weight excluding hydrogens is 332 g/mol. The first-order chi connectivity index (χ1) is 12.7. The highest BCUT2D eigenvalue weighted by Crippen LogP contribution is 2.33. The van der Waals surface area contributed by atoms with Crippen molar-refractivity contribution >= 4 is 16.8 Å². The molecule has 0 bridgehead atoms. The van der Waals surface area contributed by atoms with Crippen LogP contribution in [0.4, 0.5) is 0 Å². The summed E-state index contributed by atoms with van der Waals surface area (Å²) in [6, 6.07) is 11.4. The summed E-state index contributed by atoms with van der Waals surface area (Å²) in [6.07, 6.45) is 2.42. The van der Waals surface area contributed by atoms with E-state index >= 15 is 0 Å². The van der Waals surface area contributed by atoms with Crippen molar-refractivity contribution in [2.24, 2.45) is 0 Å². The molecule has 0 saturated carbocycles. The molecule has 26 heavy (non-hydrogen) atoms. The number of carbonyl (C=O) groups is 1. The van der Waals surface area contributed by atoms with E-state index in [1.165, 1.54) is 0 Å². The summed E-state index contributed by atoms with van der Waals surface area (Å²) < 4.78 is 15.8. The van der Waals surface area contributed by atoms with Gasteiger partial charge < -0.3 is 24.5 Å². The highest BCUT2D eigenvalue weighted by atomic mass is 16.5. The van der Waals surface area contributed by atoms with E-state index in [9.17, 15) is 4.79 Å². The van der Waals surface area contributed by atoms with Gasteiger partial charge in [0, 0.05) is 24.2 Å². The van der Waals surface area contributed by atoms with Gasteiger partial charge in [0.1, 0.15) is 5.75 Å². The Morgan fingerprint density at radius 1 is 1.04 bits per heavy atom. The van der Waals surface area contributed by atoms with Gasteiger partial charge in [-0.3, -0.25) is 4.79 Å². The summed E-state index contributed by atoms with van der Waals surface area (Å²) in [5, 5.41) is 3.75. The van der Waals surface area contributed by atoms with Crippen molar-refractivity contribution in [3.05, 3.63) is 53.7 Å². The largest absolute Gasteiger partial charge is 0.497 e. The van der Waals surface area contributed by atoms with Crippen molar-refractivity contribution in [3.63, 3.8) is 0 Å². The number of aromatic amines is 1. The number of fused-ring (bicyclic) bond motifs is 1. The molecule has 3 aromatic rings. The van der Waals surface area contributed by atoms with Crippen molar-refractivity contribution in [2.75, 3.05) is 27.9 Å². The van der Waals surface area contributed by atoms with Crippen molar-refractivity contribution < 1.29 is 19.0 Å². The normalized spacial score (nSPS) is 10.6. The Bertz CT molecular complexity index is 917. The first-order valence-corrected chi connectivity index (χ1v) is 8.30. The number of methoxy groups -OCH3 is 3. The summed E-state index contributed by atoms with van der Waals surface area (Å²) in [5.41, 5.74) is 2.50. The van der Waals surface area contributed by atoms with Crippen LogP contribution in [0.15, 0.2) is 42.6 Å². The van der Waals surface area contributed by atoms with Gasteiger partial charge in [-0.15, -0.1) is 0 Å². The van der Waals surface area contributed by atoms with Gasteiger partial charge in [0.15, 0.2) is 11.5 Å². The van der Waals surface area contributed by atoms with Crippen LogP contribution in [0.1, 0.15) is 15.9 Å². The van der Waals surface area contributed by atoms with E-state index < -0.39 is 0 Å². The topological polar surface area (TPSA) is 72.6 Å². The second kappa shape index (κ2) is 7.82. The number of rotatable bonds is 7. The molecule has 2 N–H and O–H groups in total. The number of hydrogen-bond acceptors (Lipinski definition) is 4. The van der Waals surface area contributed by atoms with E-state index in [4.69, 9.17) is 14.2 Å². The fraction of sp³-hybridized carbons (Fsp3) is 0.250. The molecule has 0 aliphatic carbocycles. The fourth-order valence-corrected chi connectivity index (χ4v) is 2.88. The van der Waals surface area contributed by atoms with E-state index in [1.807, 2.05) is 36.4 Å². The molecule has 0 aliphatic heterocycles. The van der Waals surface area contributed by atoms with Crippen LogP contribution in [-0.4, -0.2) is 38.8 Å². The number of ether oxygens (including phenoxy) is 3. The smallest absolute Gasteiger partial charge is 0.253 e. The maximum Gasteiger partial charge on any atom is 0.253 e. The molecule has 0 aliphatic rings. The number of carbonyl (C=O) groups excluding carboxylic acids is 1. The molecule has 1 amide bonds. The average Bonchev–Trinajstić information content (AvgIpc) is 3.09. The fourth-order valence-electron chi connectivity index (χ4n) is 2.88. The van der Waals surface area contributed by atoms with Crippen LogP contribution in [0.2, 0.25) is 0 Å². The van der Waals surface area contributed by atoms with Gasteiger partial charge in [0.2, 0.25) is 0 Å². The second-order valence-electron chi connectivity index (χ2n) is 5.81. The molecule has 136 valence electrons. The molecule has 0 radical (unpaired) electrons. The van der Waals surface area contributed by atoms with Gasteiger partial charge in [-0.25, -0.2) is 0 Å². The molecule has 3 rings (SSSR count). The van der Waals surface area contributed by atoms with Crippen molar-refractivity contribution in [1.82, 2.24) is 10.3 Å². The molecule has 6 heteroatoms. The molecule has 0 unspecified atom stereocenters. The summed E-state index contributed by atoms with van der Waals surface area (Å²) in [4.78, 5) is 15.7.